The van der Waals surface area contributed by atoms with Gasteiger partial charge in [-0.3, -0.25) is 0 Å². The maximum atomic E-state index is 10.6. The van der Waals surface area contributed by atoms with Crippen LogP contribution in [0.2, 0.25) is 0 Å². The second kappa shape index (κ2) is 1.61. The molecule has 2 atom stereocenters. The van der Waals surface area contributed by atoms with Crippen LogP contribution in [0, 0.1) is 0 Å². The third-order valence-electron chi connectivity index (χ3n) is 2.10. The molecule has 3 nitrogen and oxygen atoms in total. The van der Waals surface area contributed by atoms with Gasteiger partial charge in [-0.25, -0.2) is 4.79 Å². The molecule has 0 amide bonds. The zero-order chi connectivity index (χ0) is 7.19. The number of hydrogen-bond donors (Lipinski definition) is 1. The van der Waals surface area contributed by atoms with Crippen molar-refractivity contribution >= 4 is 5.97 Å². The van der Waals surface area contributed by atoms with E-state index in [2.05, 4.69) is 0 Å². The summed E-state index contributed by atoms with van der Waals surface area (Å²) in [5.41, 5.74) is -0.954. The second-order valence-electron chi connectivity index (χ2n) is 2.75. The average Bonchev–Trinajstić information content (AvgIpc) is 2.45. The molecule has 0 saturated carbocycles. The Morgan fingerprint density at radius 3 is 2.80 bits per heavy atom. The lowest BCUT2D eigenvalue weighted by Crippen LogP contribution is -2.33. The Bertz CT molecular complexity index is 209. The van der Waals surface area contributed by atoms with Crippen molar-refractivity contribution in [2.24, 2.45) is 0 Å². The lowest BCUT2D eigenvalue weighted by atomic mass is 9.95. The molecule has 54 valence electrons. The minimum atomic E-state index is -0.954. The molecular weight excluding hydrogens is 132 g/mol. The van der Waals surface area contributed by atoms with E-state index < -0.39 is 11.6 Å². The van der Waals surface area contributed by atoms with Crippen molar-refractivity contribution in [1.29, 1.82) is 0 Å². The molecule has 0 aromatic rings. The number of rotatable bonds is 1. The van der Waals surface area contributed by atoms with Crippen molar-refractivity contribution in [2.75, 3.05) is 0 Å². The fourth-order valence-corrected chi connectivity index (χ4v) is 1.49. The first-order valence-electron chi connectivity index (χ1n) is 3.33. The molecule has 0 aliphatic carbocycles. The van der Waals surface area contributed by atoms with Crippen LogP contribution in [-0.2, 0) is 9.53 Å². The number of aliphatic carboxylic acids is 1. The van der Waals surface area contributed by atoms with Crippen LogP contribution in [0.1, 0.15) is 12.8 Å². The molecule has 2 aliphatic heterocycles. The zero-order valence-electron chi connectivity index (χ0n) is 5.41. The minimum absolute atomic E-state index is 0.0658. The van der Waals surface area contributed by atoms with Gasteiger partial charge in [0.2, 0.25) is 0 Å². The summed E-state index contributed by atoms with van der Waals surface area (Å²) in [4.78, 5) is 10.6. The van der Waals surface area contributed by atoms with Crippen LogP contribution in [0.25, 0.3) is 0 Å². The summed E-state index contributed by atoms with van der Waals surface area (Å²) in [5.74, 6) is -0.858. The molecule has 0 aromatic heterocycles. The molecule has 0 radical (unpaired) electrons. The maximum Gasteiger partial charge on any atom is 0.340 e. The van der Waals surface area contributed by atoms with Gasteiger partial charge in [-0.05, 0) is 18.9 Å². The maximum absolute atomic E-state index is 10.6. The van der Waals surface area contributed by atoms with Gasteiger partial charge >= 0.3 is 5.97 Å². The smallest absolute Gasteiger partial charge is 0.340 e. The zero-order valence-corrected chi connectivity index (χ0v) is 5.41. The minimum Gasteiger partial charge on any atom is -0.479 e. The van der Waals surface area contributed by atoms with Crippen LogP contribution in [0.5, 0.6) is 0 Å². The van der Waals surface area contributed by atoms with Crippen molar-refractivity contribution in [3.05, 3.63) is 12.2 Å². The predicted octanol–water partition coefficient (Wildman–Crippen LogP) is 0.559. The van der Waals surface area contributed by atoms with Gasteiger partial charge in [0, 0.05) is 0 Å². The van der Waals surface area contributed by atoms with Gasteiger partial charge in [0.05, 0.1) is 6.10 Å². The van der Waals surface area contributed by atoms with Gasteiger partial charge in [-0.1, -0.05) is 6.08 Å². The molecule has 2 unspecified atom stereocenters. The number of carboxylic acid groups (broad SMARTS) is 1. The molecule has 1 saturated heterocycles. The third-order valence-corrected chi connectivity index (χ3v) is 2.10. The highest BCUT2D eigenvalue weighted by atomic mass is 16.5. The molecule has 2 bridgehead atoms. The van der Waals surface area contributed by atoms with Gasteiger partial charge in [0.25, 0.3) is 0 Å². The fraction of sp³-hybridized carbons (Fsp3) is 0.571. The van der Waals surface area contributed by atoms with Crippen molar-refractivity contribution in [3.63, 3.8) is 0 Å². The van der Waals surface area contributed by atoms with E-state index in [0.717, 1.165) is 6.42 Å². The van der Waals surface area contributed by atoms with E-state index in [0.29, 0.717) is 6.42 Å². The van der Waals surface area contributed by atoms with Crippen LogP contribution in [0.4, 0.5) is 0 Å². The molecule has 0 spiro atoms. The summed E-state index contributed by atoms with van der Waals surface area (Å²) in [5, 5.41) is 8.71. The Hall–Kier alpha value is -0.830. The summed E-state index contributed by atoms with van der Waals surface area (Å²) in [6.07, 6.45) is 5.03. The largest absolute Gasteiger partial charge is 0.479 e. The topological polar surface area (TPSA) is 46.5 Å². The molecule has 2 rings (SSSR count). The number of carboxylic acids is 1. The van der Waals surface area contributed by atoms with E-state index in [1.54, 1.807) is 6.08 Å². The number of ether oxygens (including phenoxy) is 1. The lowest BCUT2D eigenvalue weighted by molar-refractivity contribution is -0.154. The summed E-state index contributed by atoms with van der Waals surface area (Å²) in [6.45, 7) is 0. The Balaban J connectivity index is 2.32. The first-order valence-corrected chi connectivity index (χ1v) is 3.33. The molecule has 10 heavy (non-hydrogen) atoms. The summed E-state index contributed by atoms with van der Waals surface area (Å²) >= 11 is 0. The molecule has 2 heterocycles. The summed E-state index contributed by atoms with van der Waals surface area (Å²) < 4.78 is 5.21. The Labute approximate surface area is 58.3 Å². The van der Waals surface area contributed by atoms with E-state index in [-0.39, 0.29) is 6.10 Å². The van der Waals surface area contributed by atoms with Crippen molar-refractivity contribution in [3.8, 4) is 0 Å². The van der Waals surface area contributed by atoms with Crippen molar-refractivity contribution in [1.82, 2.24) is 0 Å². The third kappa shape index (κ3) is 0.555. The highest BCUT2D eigenvalue weighted by Crippen LogP contribution is 2.37. The summed E-state index contributed by atoms with van der Waals surface area (Å²) in [6, 6.07) is 0. The van der Waals surface area contributed by atoms with Gasteiger partial charge in [0.1, 0.15) is 0 Å². The van der Waals surface area contributed by atoms with Crippen LogP contribution in [-0.4, -0.2) is 22.8 Å². The first-order chi connectivity index (χ1) is 4.73. The van der Waals surface area contributed by atoms with Crippen LogP contribution < -0.4 is 0 Å². The second-order valence-corrected chi connectivity index (χ2v) is 2.75. The lowest BCUT2D eigenvalue weighted by Gasteiger charge is -2.14. The number of fused-ring (bicyclic) bond motifs is 2. The normalized spacial score (nSPS) is 42.6. The SMILES string of the molecule is O=C(O)C12C=CC(CC1)O2. The van der Waals surface area contributed by atoms with Crippen LogP contribution in [0.15, 0.2) is 12.2 Å². The van der Waals surface area contributed by atoms with E-state index in [1.165, 1.54) is 0 Å². The molecular formula is C7H8O3. The van der Waals surface area contributed by atoms with Gasteiger partial charge in [-0.15, -0.1) is 0 Å². The summed E-state index contributed by atoms with van der Waals surface area (Å²) in [7, 11) is 0. The molecule has 3 heteroatoms. The van der Waals surface area contributed by atoms with Crippen LogP contribution in [0.3, 0.4) is 0 Å². The highest BCUT2D eigenvalue weighted by molar-refractivity contribution is 5.81. The molecule has 1 fully saturated rings. The Morgan fingerprint density at radius 2 is 2.60 bits per heavy atom. The highest BCUT2D eigenvalue weighted by Gasteiger charge is 2.48. The van der Waals surface area contributed by atoms with E-state index in [9.17, 15) is 4.79 Å². The quantitative estimate of drug-likeness (QED) is 0.541. The molecule has 0 aromatic carbocycles. The van der Waals surface area contributed by atoms with E-state index >= 15 is 0 Å². The molecule has 2 aliphatic rings. The van der Waals surface area contributed by atoms with Gasteiger partial charge < -0.3 is 9.84 Å². The Kier molecular flexibility index (Phi) is 0.951. The number of carbonyl (C=O) groups is 1. The monoisotopic (exact) mass is 140 g/mol. The predicted molar refractivity (Wildman–Crippen MR) is 33.6 cm³/mol. The first kappa shape index (κ1) is 5.92. The van der Waals surface area contributed by atoms with Crippen molar-refractivity contribution in [2.45, 2.75) is 24.5 Å². The Morgan fingerprint density at radius 1 is 1.80 bits per heavy atom. The van der Waals surface area contributed by atoms with E-state index in [4.69, 9.17) is 9.84 Å². The van der Waals surface area contributed by atoms with Crippen molar-refractivity contribution < 1.29 is 14.6 Å². The average molecular weight is 140 g/mol. The van der Waals surface area contributed by atoms with Gasteiger partial charge in [0.15, 0.2) is 5.60 Å². The molecule has 1 N–H and O–H groups in total. The fourth-order valence-electron chi connectivity index (χ4n) is 1.49. The van der Waals surface area contributed by atoms with Gasteiger partial charge in [-0.2, -0.15) is 0 Å². The van der Waals surface area contributed by atoms with E-state index in [1.807, 2.05) is 6.08 Å². The van der Waals surface area contributed by atoms with Crippen LogP contribution >= 0.6 is 0 Å². The standard InChI is InChI=1S/C7H8O3/c8-6(9)7-3-1-5(10-7)2-4-7/h1,3,5H,2,4H2,(H,8,9). The number of hydrogen-bond acceptors (Lipinski definition) is 2.